The first kappa shape index (κ1) is 28.3. The second-order valence-electron chi connectivity index (χ2n) is 8.06. The van der Waals surface area contributed by atoms with Gasteiger partial charge in [0, 0.05) is 0 Å². The van der Waals surface area contributed by atoms with Gasteiger partial charge in [0.2, 0.25) is 0 Å². The second kappa shape index (κ2) is 13.8. The van der Waals surface area contributed by atoms with Crippen LogP contribution in [0.1, 0.15) is 6.42 Å². The van der Waals surface area contributed by atoms with Crippen LogP contribution in [0.25, 0.3) is 0 Å². The first-order valence-corrected chi connectivity index (χ1v) is 14.6. The predicted molar refractivity (Wildman–Crippen MR) is 146 cm³/mol. The normalized spacial score (nSPS) is 11.9. The summed E-state index contributed by atoms with van der Waals surface area (Å²) in [6, 6.07) is 38.4. The first-order chi connectivity index (χ1) is 18.6. The van der Waals surface area contributed by atoms with Crippen molar-refractivity contribution in [3.8, 4) is 28.6 Å². The average molecular weight is 683 g/mol. The van der Waals surface area contributed by atoms with Crippen LogP contribution in [0.3, 0.4) is 0 Å². The van der Waals surface area contributed by atoms with Gasteiger partial charge in [-0.25, -0.2) is 0 Å². The molecule has 0 fully saturated rings. The van der Waals surface area contributed by atoms with Gasteiger partial charge in [-0.15, -0.1) is 0 Å². The van der Waals surface area contributed by atoms with Crippen molar-refractivity contribution in [3.63, 3.8) is 0 Å². The van der Waals surface area contributed by atoms with Crippen LogP contribution in [0.4, 0.5) is 0 Å². The van der Waals surface area contributed by atoms with Gasteiger partial charge < -0.3 is 0 Å². The van der Waals surface area contributed by atoms with Gasteiger partial charge in [0.25, 0.3) is 0 Å². The summed E-state index contributed by atoms with van der Waals surface area (Å²) < 4.78 is 3.47. The van der Waals surface area contributed by atoms with E-state index in [2.05, 4.69) is 89.3 Å². The van der Waals surface area contributed by atoms with Gasteiger partial charge in [0.1, 0.15) is 0 Å². The Morgan fingerprint density at radius 1 is 0.763 bits per heavy atom. The Balaban J connectivity index is 2.08. The van der Waals surface area contributed by atoms with Gasteiger partial charge in [0.05, 0.1) is 0 Å². The van der Waals surface area contributed by atoms with Gasteiger partial charge in [-0.3, -0.25) is 0 Å². The van der Waals surface area contributed by atoms with E-state index in [9.17, 15) is 10.5 Å². The molecule has 0 aromatic heterocycles. The SMILES string of the molecule is N#CC(C#N)C(C#N)(C#N)C[C-]=CC=[C-]/C=C(\[C]#[Os])[P+](c1ccccc1)(c1ccccc1)c1ccccc1. The molecule has 3 rings (SSSR count). The quantitative estimate of drug-likeness (QED) is 0.177. The summed E-state index contributed by atoms with van der Waals surface area (Å²) in [4.78, 5) is 0. The minimum absolute atomic E-state index is 0.164. The molecule has 38 heavy (non-hydrogen) atoms. The van der Waals surface area contributed by atoms with Crippen LogP contribution >= 0.6 is 7.26 Å². The summed E-state index contributed by atoms with van der Waals surface area (Å²) in [6.07, 6.45) is 11.0. The maximum atomic E-state index is 9.46. The van der Waals surface area contributed by atoms with Crippen molar-refractivity contribution in [2.45, 2.75) is 6.42 Å². The molecule has 0 amide bonds. The molecule has 3 aromatic carbocycles. The van der Waals surface area contributed by atoms with Gasteiger partial charge in [-0.2, -0.15) is 0 Å². The molecule has 183 valence electrons. The Morgan fingerprint density at radius 3 is 1.58 bits per heavy atom. The van der Waals surface area contributed by atoms with Gasteiger partial charge in [-0.05, 0) is 0 Å². The molecule has 0 heterocycles. The minimum atomic E-state index is -2.29. The number of allylic oxidation sites excluding steroid dienone is 6. The van der Waals surface area contributed by atoms with E-state index in [0.29, 0.717) is 0 Å². The van der Waals surface area contributed by atoms with E-state index in [-0.39, 0.29) is 6.42 Å². The fraction of sp³-hybridized carbons (Fsp3) is 0.0938. The van der Waals surface area contributed by atoms with Crippen molar-refractivity contribution in [2.24, 2.45) is 11.3 Å². The number of benzene rings is 3. The van der Waals surface area contributed by atoms with E-state index < -0.39 is 18.6 Å². The standard InChI is InChI=1S/C32H21N4P.Os/c1-27(15-7-2-3-14-22-32(25-35,26-36)28(23-33)24-34)37(29-16-8-4-9-17-29,30-18-10-5-11-19-30)31-20-12-6-13-21-31;/h2-6,8-13,15-21,28H,22H2;/q-1;/b27-15+;. The van der Waals surface area contributed by atoms with Crippen LogP contribution in [-0.2, 0) is 17.9 Å². The third-order valence-corrected chi connectivity index (χ3v) is 11.3. The number of hydrogen-bond donors (Lipinski definition) is 0. The summed E-state index contributed by atoms with van der Waals surface area (Å²) in [7, 11) is -2.29. The molecule has 3 aromatic rings. The Bertz CT molecular complexity index is 1420. The Labute approximate surface area is 234 Å². The van der Waals surface area contributed by atoms with E-state index in [4.69, 9.17) is 10.5 Å². The molecule has 0 aliphatic rings. The second-order valence-corrected chi connectivity index (χ2v) is 12.1. The molecule has 0 unspecified atom stereocenters. The Hall–Kier alpha value is -4.31. The molecule has 0 aliphatic carbocycles. The van der Waals surface area contributed by atoms with Crippen LogP contribution in [0.5, 0.6) is 0 Å². The monoisotopic (exact) mass is 684 g/mol. The molecule has 6 heteroatoms. The molecular formula is C32H21N4OsP-. The van der Waals surface area contributed by atoms with Crippen molar-refractivity contribution in [2.75, 3.05) is 0 Å². The molecular weight excluding hydrogens is 662 g/mol. The Morgan fingerprint density at radius 2 is 1.21 bits per heavy atom. The fourth-order valence-electron chi connectivity index (χ4n) is 4.04. The van der Waals surface area contributed by atoms with Crippen LogP contribution in [0.2, 0.25) is 0 Å². The summed E-state index contributed by atoms with van der Waals surface area (Å²) in [5.41, 5.74) is -1.77. The zero-order valence-electron chi connectivity index (χ0n) is 20.3. The first-order valence-electron chi connectivity index (χ1n) is 11.5. The molecule has 0 atom stereocenters. The third-order valence-electron chi connectivity index (χ3n) is 5.93. The van der Waals surface area contributed by atoms with Crippen molar-refractivity contribution >= 4 is 23.2 Å². The molecule has 0 bridgehead atoms. The molecule has 0 saturated heterocycles. The van der Waals surface area contributed by atoms with Gasteiger partial charge in [0.15, 0.2) is 0 Å². The van der Waals surface area contributed by atoms with E-state index >= 15 is 0 Å². The van der Waals surface area contributed by atoms with Crippen LogP contribution < -0.4 is 15.9 Å². The van der Waals surface area contributed by atoms with Crippen LogP contribution in [0, 0.1) is 73.2 Å². The zero-order valence-corrected chi connectivity index (χ0v) is 23.7. The molecule has 0 radical (unpaired) electrons. The topological polar surface area (TPSA) is 95.2 Å². The van der Waals surface area contributed by atoms with Crippen LogP contribution in [0.15, 0.2) is 115 Å². The number of nitrogens with zero attached hydrogens (tertiary/aromatic N) is 4. The van der Waals surface area contributed by atoms with E-state index in [1.54, 1.807) is 42.2 Å². The van der Waals surface area contributed by atoms with Gasteiger partial charge in [-0.1, -0.05) is 0 Å². The van der Waals surface area contributed by atoms with E-state index in [0.717, 1.165) is 5.31 Å². The zero-order chi connectivity index (χ0) is 27.3. The third kappa shape index (κ3) is 5.81. The summed E-state index contributed by atoms with van der Waals surface area (Å²) in [5, 5.41) is 41.8. The summed E-state index contributed by atoms with van der Waals surface area (Å²) in [5.74, 6) is -1.36. The predicted octanol–water partition coefficient (Wildman–Crippen LogP) is 5.18. The number of rotatable bonds is 9. The molecule has 0 N–H and O–H groups in total. The van der Waals surface area contributed by atoms with Crippen molar-refractivity contribution < 1.29 is 17.9 Å². The van der Waals surface area contributed by atoms with Crippen molar-refractivity contribution in [1.82, 2.24) is 0 Å². The molecule has 4 nitrogen and oxygen atoms in total. The van der Waals surface area contributed by atoms with Gasteiger partial charge >= 0.3 is 235 Å². The van der Waals surface area contributed by atoms with Crippen LogP contribution in [-0.4, -0.2) is 0 Å². The van der Waals surface area contributed by atoms with Crippen molar-refractivity contribution in [1.29, 1.82) is 21.0 Å². The molecule has 0 spiro atoms. The summed E-state index contributed by atoms with van der Waals surface area (Å²) in [6.45, 7) is 0. The number of nitriles is 4. The Kier molecular flexibility index (Phi) is 10.3. The molecule has 0 saturated carbocycles. The maximum absolute atomic E-state index is 9.46. The van der Waals surface area contributed by atoms with E-state index in [1.807, 2.05) is 36.4 Å². The number of hydrogen-bond acceptors (Lipinski definition) is 4. The van der Waals surface area contributed by atoms with E-state index in [1.165, 1.54) is 15.9 Å². The molecule has 0 aliphatic heterocycles. The fourth-order valence-corrected chi connectivity index (χ4v) is 9.47. The van der Waals surface area contributed by atoms with Crippen molar-refractivity contribution in [3.05, 3.63) is 127 Å². The summed E-state index contributed by atoms with van der Waals surface area (Å²) >= 11 is 1.66. The average Bonchev–Trinajstić information content (AvgIpc) is 2.99.